The average molecular weight is 325 g/mol. The topological polar surface area (TPSA) is 38.5 Å². The van der Waals surface area contributed by atoms with Crippen molar-refractivity contribution in [2.75, 3.05) is 23.8 Å². The molecule has 0 radical (unpaired) electrons. The number of hydrogen-bond donors (Lipinski definition) is 1. The minimum absolute atomic E-state index is 0.231. The van der Waals surface area contributed by atoms with Crippen LogP contribution in [-0.2, 0) is 4.74 Å². The van der Waals surface area contributed by atoms with E-state index in [1.54, 1.807) is 11.8 Å². The number of ether oxygens (including phenoxy) is 1. The highest BCUT2D eigenvalue weighted by Crippen LogP contribution is 2.33. The molecule has 1 aliphatic rings. The van der Waals surface area contributed by atoms with E-state index in [0.29, 0.717) is 11.0 Å². The van der Waals surface area contributed by atoms with Crippen molar-refractivity contribution in [1.82, 2.24) is 0 Å². The van der Waals surface area contributed by atoms with Crippen molar-refractivity contribution in [1.29, 1.82) is 0 Å². The first-order chi connectivity index (χ1) is 10.1. The third-order valence-electron chi connectivity index (χ3n) is 3.80. The van der Waals surface area contributed by atoms with Crippen LogP contribution in [0.4, 0.5) is 5.69 Å². The zero-order valence-corrected chi connectivity index (χ0v) is 14.6. The highest BCUT2D eigenvalue weighted by molar-refractivity contribution is 7.99. The number of thiocarbonyl (C=S) groups is 1. The van der Waals surface area contributed by atoms with Gasteiger partial charge in [-0.3, -0.25) is 0 Å². The second-order valence-electron chi connectivity index (χ2n) is 5.31. The lowest BCUT2D eigenvalue weighted by molar-refractivity contribution is 0.0299. The minimum Gasteiger partial charge on any atom is -0.389 e. The largest absolute Gasteiger partial charge is 0.389 e. The van der Waals surface area contributed by atoms with Crippen LogP contribution in [0.1, 0.15) is 32.8 Å². The van der Waals surface area contributed by atoms with Crippen LogP contribution in [0.3, 0.4) is 0 Å². The molecule has 116 valence electrons. The Morgan fingerprint density at radius 3 is 2.86 bits per heavy atom. The van der Waals surface area contributed by atoms with Crippen molar-refractivity contribution < 1.29 is 4.74 Å². The Kier molecular flexibility index (Phi) is 5.90. The van der Waals surface area contributed by atoms with Crippen LogP contribution >= 0.6 is 24.0 Å². The van der Waals surface area contributed by atoms with E-state index >= 15 is 0 Å². The zero-order valence-electron chi connectivity index (χ0n) is 13.0. The summed E-state index contributed by atoms with van der Waals surface area (Å²) in [5.41, 5.74) is 8.21. The van der Waals surface area contributed by atoms with E-state index in [1.807, 2.05) is 0 Å². The predicted molar refractivity (Wildman–Crippen MR) is 95.6 cm³/mol. The van der Waals surface area contributed by atoms with Crippen LogP contribution in [0.25, 0.3) is 0 Å². The highest BCUT2D eigenvalue weighted by Gasteiger charge is 2.28. The highest BCUT2D eigenvalue weighted by atomic mass is 32.2. The molecule has 1 aliphatic heterocycles. The maximum atomic E-state index is 6.03. The summed E-state index contributed by atoms with van der Waals surface area (Å²) in [5, 5.41) is 0. The molecule has 0 bridgehead atoms. The van der Waals surface area contributed by atoms with Gasteiger partial charge in [-0.25, -0.2) is 0 Å². The fraction of sp³-hybridized carbons (Fsp3) is 0.562. The van der Waals surface area contributed by atoms with E-state index in [2.05, 4.69) is 43.9 Å². The molecule has 1 aromatic carbocycles. The van der Waals surface area contributed by atoms with Crippen molar-refractivity contribution in [3.63, 3.8) is 0 Å². The van der Waals surface area contributed by atoms with Crippen LogP contribution in [-0.4, -0.2) is 36.0 Å². The molecule has 1 saturated heterocycles. The molecule has 1 heterocycles. The Labute approximate surface area is 137 Å². The first kappa shape index (κ1) is 16.6. The lowest BCUT2D eigenvalue weighted by Crippen LogP contribution is -2.49. The Morgan fingerprint density at radius 1 is 1.48 bits per heavy atom. The van der Waals surface area contributed by atoms with E-state index in [0.717, 1.165) is 36.6 Å². The van der Waals surface area contributed by atoms with Crippen LogP contribution in [0.15, 0.2) is 23.1 Å². The molecule has 1 aromatic rings. The van der Waals surface area contributed by atoms with Gasteiger partial charge in [0.25, 0.3) is 0 Å². The molecule has 3 nitrogen and oxygen atoms in total. The second-order valence-corrected chi connectivity index (χ2v) is 7.05. The van der Waals surface area contributed by atoms with E-state index in [4.69, 9.17) is 22.7 Å². The van der Waals surface area contributed by atoms with Gasteiger partial charge in [0.1, 0.15) is 4.99 Å². The van der Waals surface area contributed by atoms with Crippen molar-refractivity contribution in [2.24, 2.45) is 5.73 Å². The molecule has 0 aliphatic carbocycles. The molecule has 0 amide bonds. The van der Waals surface area contributed by atoms with Gasteiger partial charge in [-0.2, -0.15) is 0 Å². The Hall–Kier alpha value is -0.780. The van der Waals surface area contributed by atoms with Gasteiger partial charge >= 0.3 is 0 Å². The van der Waals surface area contributed by atoms with Crippen LogP contribution < -0.4 is 10.6 Å². The minimum atomic E-state index is 0.231. The van der Waals surface area contributed by atoms with Crippen molar-refractivity contribution in [3.05, 3.63) is 23.8 Å². The number of benzene rings is 1. The molecule has 0 aromatic heterocycles. The number of anilines is 1. The third kappa shape index (κ3) is 3.71. The van der Waals surface area contributed by atoms with Crippen molar-refractivity contribution in [2.45, 2.75) is 44.2 Å². The predicted octanol–water partition coefficient (Wildman–Crippen LogP) is 3.44. The fourth-order valence-corrected chi connectivity index (χ4v) is 3.88. The van der Waals surface area contributed by atoms with Gasteiger partial charge in [0.15, 0.2) is 0 Å². The number of morpholine rings is 1. The Balaban J connectivity index is 2.45. The molecule has 21 heavy (non-hydrogen) atoms. The molecular weight excluding hydrogens is 300 g/mol. The van der Waals surface area contributed by atoms with Crippen molar-refractivity contribution >= 4 is 34.7 Å². The SMILES string of the molecule is CCSc1cccc(N2CC(C)OCC2CC)c1C(N)=S. The van der Waals surface area contributed by atoms with Gasteiger partial charge in [-0.05, 0) is 31.2 Å². The van der Waals surface area contributed by atoms with Gasteiger partial charge in [0.2, 0.25) is 0 Å². The zero-order chi connectivity index (χ0) is 15.4. The first-order valence-electron chi connectivity index (χ1n) is 7.52. The maximum Gasteiger partial charge on any atom is 0.107 e. The summed E-state index contributed by atoms with van der Waals surface area (Å²) < 4.78 is 5.80. The lowest BCUT2D eigenvalue weighted by atomic mass is 10.1. The summed E-state index contributed by atoms with van der Waals surface area (Å²) >= 11 is 7.12. The number of rotatable bonds is 5. The molecule has 0 saturated carbocycles. The standard InChI is InChI=1S/C16H24N2OS2/c1-4-12-10-19-11(3)9-18(12)13-7-6-8-14(21-5-2)15(13)16(17)20/h6-8,11-12H,4-5,9-10H2,1-3H3,(H2,17,20). The van der Waals surface area contributed by atoms with E-state index < -0.39 is 0 Å². The van der Waals surface area contributed by atoms with Crippen molar-refractivity contribution in [3.8, 4) is 0 Å². The summed E-state index contributed by atoms with van der Waals surface area (Å²) in [5.74, 6) is 1.01. The van der Waals surface area contributed by atoms with E-state index in [-0.39, 0.29) is 6.10 Å². The summed E-state index contributed by atoms with van der Waals surface area (Å²) in [4.78, 5) is 4.08. The number of nitrogens with zero attached hydrogens (tertiary/aromatic N) is 1. The summed E-state index contributed by atoms with van der Waals surface area (Å²) in [6.45, 7) is 8.10. The number of hydrogen-bond acceptors (Lipinski definition) is 4. The smallest absolute Gasteiger partial charge is 0.107 e. The molecular formula is C16H24N2OS2. The second kappa shape index (κ2) is 7.47. The first-order valence-corrected chi connectivity index (χ1v) is 8.91. The summed E-state index contributed by atoms with van der Waals surface area (Å²) in [6, 6.07) is 6.73. The molecule has 0 spiro atoms. The number of thioether (sulfide) groups is 1. The maximum absolute atomic E-state index is 6.03. The van der Waals surface area contributed by atoms with Gasteiger partial charge in [0.05, 0.1) is 18.8 Å². The fourth-order valence-electron chi connectivity index (χ4n) is 2.76. The summed E-state index contributed by atoms with van der Waals surface area (Å²) in [7, 11) is 0. The third-order valence-corrected chi connectivity index (χ3v) is 4.94. The lowest BCUT2D eigenvalue weighted by Gasteiger charge is -2.41. The molecule has 2 rings (SSSR count). The van der Waals surface area contributed by atoms with Crippen LogP contribution in [0, 0.1) is 0 Å². The molecule has 2 atom stereocenters. The van der Waals surface area contributed by atoms with Gasteiger partial charge in [0, 0.05) is 22.7 Å². The molecule has 5 heteroatoms. The average Bonchev–Trinajstić information content (AvgIpc) is 2.47. The summed E-state index contributed by atoms with van der Waals surface area (Å²) in [6.07, 6.45) is 1.28. The van der Waals surface area contributed by atoms with Gasteiger partial charge in [-0.1, -0.05) is 32.1 Å². The van der Waals surface area contributed by atoms with Gasteiger partial charge < -0.3 is 15.4 Å². The monoisotopic (exact) mass is 324 g/mol. The Morgan fingerprint density at radius 2 is 2.24 bits per heavy atom. The molecule has 1 fully saturated rings. The normalized spacial score (nSPS) is 22.3. The van der Waals surface area contributed by atoms with Crippen LogP contribution in [0.5, 0.6) is 0 Å². The quantitative estimate of drug-likeness (QED) is 0.663. The van der Waals surface area contributed by atoms with E-state index in [1.165, 1.54) is 4.90 Å². The molecule has 2 N–H and O–H groups in total. The molecule has 2 unspecified atom stereocenters. The van der Waals surface area contributed by atoms with Crippen LogP contribution in [0.2, 0.25) is 0 Å². The Bertz CT molecular complexity index is 507. The van der Waals surface area contributed by atoms with E-state index in [9.17, 15) is 0 Å². The van der Waals surface area contributed by atoms with Gasteiger partial charge in [-0.15, -0.1) is 11.8 Å². The number of nitrogens with two attached hydrogens (primary N) is 1.